The van der Waals surface area contributed by atoms with Crippen LogP contribution >= 0.6 is 12.4 Å². The lowest BCUT2D eigenvalue weighted by atomic mass is 9.99. The molecule has 0 radical (unpaired) electrons. The summed E-state index contributed by atoms with van der Waals surface area (Å²) in [7, 11) is -2.81. The Kier molecular flexibility index (Phi) is 6.84. The summed E-state index contributed by atoms with van der Waals surface area (Å²) in [6.45, 7) is 0.946. The van der Waals surface area contributed by atoms with E-state index in [1.165, 1.54) is 7.11 Å². The maximum atomic E-state index is 13.6. The molecular formula is C13H18ClF3N2O3S. The Balaban J connectivity index is 0.00000264. The summed E-state index contributed by atoms with van der Waals surface area (Å²) in [6.07, 6.45) is 1.54. The van der Waals surface area contributed by atoms with Crippen LogP contribution in [0.3, 0.4) is 0 Å². The molecule has 5 nitrogen and oxygen atoms in total. The van der Waals surface area contributed by atoms with Gasteiger partial charge in [-0.15, -0.1) is 12.4 Å². The van der Waals surface area contributed by atoms with Crippen LogP contribution in [0.25, 0.3) is 0 Å². The van der Waals surface area contributed by atoms with Crippen molar-refractivity contribution in [3.63, 3.8) is 0 Å². The molecule has 132 valence electrons. The quantitative estimate of drug-likeness (QED) is 0.742. The first-order valence-electron chi connectivity index (χ1n) is 6.68. The van der Waals surface area contributed by atoms with Gasteiger partial charge < -0.3 is 10.1 Å². The summed E-state index contributed by atoms with van der Waals surface area (Å²) in [5.41, 5.74) is -0.586. The van der Waals surface area contributed by atoms with Crippen LogP contribution in [-0.2, 0) is 14.8 Å². The zero-order valence-electron chi connectivity index (χ0n) is 12.4. The average Bonchev–Trinajstić information content (AvgIpc) is 2.90. The summed E-state index contributed by atoms with van der Waals surface area (Å²) >= 11 is 0. The fourth-order valence-corrected chi connectivity index (χ4v) is 3.69. The molecule has 0 spiro atoms. The number of sulfonamides is 1. The van der Waals surface area contributed by atoms with Crippen LogP contribution in [0.5, 0.6) is 0 Å². The molecule has 1 aromatic carbocycles. The molecule has 2 rings (SSSR count). The Labute approximate surface area is 139 Å². The van der Waals surface area contributed by atoms with E-state index in [4.69, 9.17) is 4.74 Å². The summed E-state index contributed by atoms with van der Waals surface area (Å²) in [6, 6.07) is 0.542. The predicted octanol–water partition coefficient (Wildman–Crippen LogP) is 1.57. The summed E-state index contributed by atoms with van der Waals surface area (Å²) < 4.78 is 71.2. The molecule has 1 aliphatic heterocycles. The van der Waals surface area contributed by atoms with Crippen molar-refractivity contribution in [2.45, 2.75) is 23.3 Å². The standard InChI is InChI=1S/C13H17F3N2O3S.ClH/c1-21-8-13(3-2-4-17-13)7-18-22(19,20)12-6-10(15)9(14)5-11(12)16;/h5-6,17-18H,2-4,7-8H2,1H3;1H. The highest BCUT2D eigenvalue weighted by Crippen LogP contribution is 2.22. The third kappa shape index (κ3) is 4.57. The van der Waals surface area contributed by atoms with Gasteiger partial charge in [0.2, 0.25) is 10.0 Å². The van der Waals surface area contributed by atoms with Gasteiger partial charge in [0.15, 0.2) is 11.6 Å². The van der Waals surface area contributed by atoms with Crippen LogP contribution in [-0.4, -0.2) is 40.8 Å². The number of hydrogen-bond acceptors (Lipinski definition) is 4. The van der Waals surface area contributed by atoms with Gasteiger partial charge in [-0.25, -0.2) is 26.3 Å². The monoisotopic (exact) mass is 374 g/mol. The second-order valence-corrected chi connectivity index (χ2v) is 7.00. The molecule has 1 unspecified atom stereocenters. The maximum Gasteiger partial charge on any atom is 0.243 e. The highest BCUT2D eigenvalue weighted by Gasteiger charge is 2.35. The van der Waals surface area contributed by atoms with Crippen molar-refractivity contribution in [3.05, 3.63) is 29.6 Å². The zero-order valence-corrected chi connectivity index (χ0v) is 14.0. The molecule has 0 aromatic heterocycles. The molecule has 1 heterocycles. The van der Waals surface area contributed by atoms with E-state index in [9.17, 15) is 21.6 Å². The van der Waals surface area contributed by atoms with Gasteiger partial charge in [-0.05, 0) is 25.5 Å². The second kappa shape index (κ2) is 7.80. The number of hydrogen-bond donors (Lipinski definition) is 2. The van der Waals surface area contributed by atoms with E-state index in [0.29, 0.717) is 19.0 Å². The van der Waals surface area contributed by atoms with Crippen LogP contribution in [0, 0.1) is 17.5 Å². The van der Waals surface area contributed by atoms with Gasteiger partial charge in [0.05, 0.1) is 12.1 Å². The number of nitrogens with one attached hydrogen (secondary N) is 2. The third-order valence-corrected chi connectivity index (χ3v) is 5.03. The summed E-state index contributed by atoms with van der Waals surface area (Å²) in [5, 5.41) is 3.15. The van der Waals surface area contributed by atoms with Crippen molar-refractivity contribution in [1.29, 1.82) is 0 Å². The molecule has 1 aromatic rings. The van der Waals surface area contributed by atoms with Gasteiger partial charge in [-0.2, -0.15) is 0 Å². The Bertz CT molecular complexity index is 652. The largest absolute Gasteiger partial charge is 0.383 e. The molecule has 10 heteroatoms. The van der Waals surface area contributed by atoms with Crippen LogP contribution < -0.4 is 10.0 Å². The molecule has 23 heavy (non-hydrogen) atoms. The van der Waals surface area contributed by atoms with Gasteiger partial charge in [0.1, 0.15) is 10.7 Å². The molecule has 0 saturated carbocycles. The molecule has 1 atom stereocenters. The molecular weight excluding hydrogens is 357 g/mol. The summed E-state index contributed by atoms with van der Waals surface area (Å²) in [5.74, 6) is -4.20. The molecule has 2 N–H and O–H groups in total. The predicted molar refractivity (Wildman–Crippen MR) is 80.6 cm³/mol. The normalized spacial score (nSPS) is 21.2. The van der Waals surface area contributed by atoms with E-state index in [1.54, 1.807) is 0 Å². The molecule has 1 aliphatic rings. The lowest BCUT2D eigenvalue weighted by molar-refractivity contribution is 0.122. The van der Waals surface area contributed by atoms with Crippen LogP contribution in [0.15, 0.2) is 17.0 Å². The Hall–Kier alpha value is -0.870. The maximum absolute atomic E-state index is 13.6. The highest BCUT2D eigenvalue weighted by atomic mass is 35.5. The molecule has 0 bridgehead atoms. The van der Waals surface area contributed by atoms with Crippen LogP contribution in [0.4, 0.5) is 13.2 Å². The number of benzene rings is 1. The molecule has 1 fully saturated rings. The van der Waals surface area contributed by atoms with E-state index < -0.39 is 37.9 Å². The van der Waals surface area contributed by atoms with Crippen LogP contribution in [0.2, 0.25) is 0 Å². The summed E-state index contributed by atoms with van der Waals surface area (Å²) in [4.78, 5) is -0.919. The fourth-order valence-electron chi connectivity index (χ4n) is 2.49. The van der Waals surface area contributed by atoms with Crippen molar-refractivity contribution in [2.75, 3.05) is 26.8 Å². The Morgan fingerprint density at radius 3 is 2.48 bits per heavy atom. The lowest BCUT2D eigenvalue weighted by Crippen LogP contribution is -2.52. The smallest absolute Gasteiger partial charge is 0.243 e. The van der Waals surface area contributed by atoms with E-state index in [0.717, 1.165) is 6.42 Å². The van der Waals surface area contributed by atoms with Crippen molar-refractivity contribution < 1.29 is 26.3 Å². The van der Waals surface area contributed by atoms with E-state index in [2.05, 4.69) is 10.0 Å². The minimum atomic E-state index is -4.30. The van der Waals surface area contributed by atoms with Crippen LogP contribution in [0.1, 0.15) is 12.8 Å². The number of halogens is 4. The molecule has 0 aliphatic carbocycles. The van der Waals surface area contributed by atoms with Crippen molar-refractivity contribution in [1.82, 2.24) is 10.0 Å². The Morgan fingerprint density at radius 2 is 1.91 bits per heavy atom. The van der Waals surface area contributed by atoms with Crippen molar-refractivity contribution >= 4 is 22.4 Å². The minimum absolute atomic E-state index is 0. The van der Waals surface area contributed by atoms with Gasteiger partial charge in [0, 0.05) is 19.7 Å². The van der Waals surface area contributed by atoms with Crippen molar-refractivity contribution in [3.8, 4) is 0 Å². The minimum Gasteiger partial charge on any atom is -0.383 e. The first-order chi connectivity index (χ1) is 10.3. The average molecular weight is 375 g/mol. The van der Waals surface area contributed by atoms with Crippen molar-refractivity contribution in [2.24, 2.45) is 0 Å². The molecule has 1 saturated heterocycles. The van der Waals surface area contributed by atoms with Gasteiger partial charge in [0.25, 0.3) is 0 Å². The third-order valence-electron chi connectivity index (χ3n) is 3.62. The van der Waals surface area contributed by atoms with E-state index in [-0.39, 0.29) is 31.6 Å². The first kappa shape index (κ1) is 20.2. The number of ether oxygens (including phenoxy) is 1. The Morgan fingerprint density at radius 1 is 1.26 bits per heavy atom. The second-order valence-electron chi connectivity index (χ2n) is 5.26. The number of methoxy groups -OCH3 is 1. The van der Waals surface area contributed by atoms with Gasteiger partial charge >= 0.3 is 0 Å². The highest BCUT2D eigenvalue weighted by molar-refractivity contribution is 7.89. The zero-order chi connectivity index (χ0) is 16.4. The topological polar surface area (TPSA) is 67.4 Å². The SMILES string of the molecule is COCC1(CNS(=O)(=O)c2cc(F)c(F)cc2F)CCCN1.Cl. The van der Waals surface area contributed by atoms with Gasteiger partial charge in [-0.3, -0.25) is 0 Å². The first-order valence-corrected chi connectivity index (χ1v) is 8.16. The van der Waals surface area contributed by atoms with E-state index >= 15 is 0 Å². The lowest BCUT2D eigenvalue weighted by Gasteiger charge is -2.28. The van der Waals surface area contributed by atoms with E-state index in [1.807, 2.05) is 0 Å². The van der Waals surface area contributed by atoms with Gasteiger partial charge in [-0.1, -0.05) is 0 Å². The number of rotatable bonds is 6. The fraction of sp³-hybridized carbons (Fsp3) is 0.538. The molecule has 0 amide bonds.